The molecule has 2 aromatic rings. The van der Waals surface area contributed by atoms with Crippen LogP contribution in [0.3, 0.4) is 0 Å². The number of carbonyl (C=O) groups is 2. The smallest absolute Gasteiger partial charge is 0.337 e. The number of anilines is 1. The molecule has 1 heterocycles. The van der Waals surface area contributed by atoms with E-state index in [0.29, 0.717) is 29.8 Å². The minimum Gasteiger partial charge on any atom is -0.496 e. The van der Waals surface area contributed by atoms with Crippen LogP contribution in [-0.2, 0) is 19.6 Å². The number of nitrogens with zero attached hydrogens (tertiary/aromatic N) is 1. The van der Waals surface area contributed by atoms with Crippen molar-refractivity contribution in [1.82, 2.24) is 4.31 Å². The van der Waals surface area contributed by atoms with E-state index in [2.05, 4.69) is 10.1 Å². The Morgan fingerprint density at radius 3 is 2.23 bits per heavy atom. The second-order valence-corrected chi connectivity index (χ2v) is 9.31. The zero-order valence-electron chi connectivity index (χ0n) is 17.8. The van der Waals surface area contributed by atoms with E-state index < -0.39 is 16.0 Å². The first-order chi connectivity index (χ1) is 14.8. The third-order valence-electron chi connectivity index (χ3n) is 5.40. The minimum absolute atomic E-state index is 0.164. The van der Waals surface area contributed by atoms with Crippen LogP contribution >= 0.6 is 0 Å². The Morgan fingerprint density at radius 1 is 1.03 bits per heavy atom. The maximum Gasteiger partial charge on any atom is 0.337 e. The fraction of sp³-hybridized carbons (Fsp3) is 0.364. The first-order valence-electron chi connectivity index (χ1n) is 9.90. The van der Waals surface area contributed by atoms with Gasteiger partial charge in [0.2, 0.25) is 15.9 Å². The Labute approximate surface area is 182 Å². The lowest BCUT2D eigenvalue weighted by Gasteiger charge is -2.30. The lowest BCUT2D eigenvalue weighted by molar-refractivity contribution is -0.120. The highest BCUT2D eigenvalue weighted by Crippen LogP contribution is 2.27. The van der Waals surface area contributed by atoms with Crippen molar-refractivity contribution in [3.8, 4) is 5.75 Å². The van der Waals surface area contributed by atoms with Crippen LogP contribution in [0.15, 0.2) is 47.4 Å². The predicted octanol–water partition coefficient (Wildman–Crippen LogP) is 2.83. The second-order valence-electron chi connectivity index (χ2n) is 7.37. The average Bonchev–Trinajstić information content (AvgIpc) is 2.79. The number of nitrogens with one attached hydrogen (secondary N) is 1. The summed E-state index contributed by atoms with van der Waals surface area (Å²) in [5, 5.41) is 2.83. The van der Waals surface area contributed by atoms with Gasteiger partial charge in [0.05, 0.1) is 24.7 Å². The SMILES string of the molecule is COC(=O)c1ccc(NC(=O)C2CCN(S(=O)(=O)c3ccc(OC)c(C)c3)CC2)cc1. The second kappa shape index (κ2) is 9.49. The number of amides is 1. The summed E-state index contributed by atoms with van der Waals surface area (Å²) in [6.45, 7) is 2.34. The third-order valence-corrected chi connectivity index (χ3v) is 7.30. The molecule has 2 aromatic carbocycles. The number of carbonyl (C=O) groups excluding carboxylic acids is 2. The van der Waals surface area contributed by atoms with E-state index in [0.717, 1.165) is 5.56 Å². The summed E-state index contributed by atoms with van der Waals surface area (Å²) in [5.74, 6) is -0.264. The number of methoxy groups -OCH3 is 2. The Balaban J connectivity index is 1.60. The fourth-order valence-electron chi connectivity index (χ4n) is 3.57. The standard InChI is InChI=1S/C22H26N2O6S/c1-15-14-19(8-9-20(15)29-2)31(27,28)24-12-10-16(11-13-24)21(25)23-18-6-4-17(5-7-18)22(26)30-3/h4-9,14,16H,10-13H2,1-3H3,(H,23,25). The Bertz CT molecular complexity index is 1060. The first kappa shape index (κ1) is 22.8. The van der Waals surface area contributed by atoms with Crippen LogP contribution < -0.4 is 10.1 Å². The van der Waals surface area contributed by atoms with Gasteiger partial charge in [0.15, 0.2) is 0 Å². The van der Waals surface area contributed by atoms with Crippen LogP contribution in [0.4, 0.5) is 5.69 Å². The van der Waals surface area contributed by atoms with Crippen LogP contribution in [0.2, 0.25) is 0 Å². The number of aryl methyl sites for hydroxylation is 1. The normalized spacial score (nSPS) is 15.3. The molecule has 0 bridgehead atoms. The number of hydrogen-bond donors (Lipinski definition) is 1. The van der Waals surface area contributed by atoms with Crippen LogP contribution in [0, 0.1) is 12.8 Å². The number of benzene rings is 2. The van der Waals surface area contributed by atoms with Gasteiger partial charge in [-0.15, -0.1) is 0 Å². The summed E-state index contributed by atoms with van der Waals surface area (Å²) in [7, 11) is -0.783. The monoisotopic (exact) mass is 446 g/mol. The van der Waals surface area contributed by atoms with Gasteiger partial charge < -0.3 is 14.8 Å². The Kier molecular flexibility index (Phi) is 6.97. The maximum atomic E-state index is 13.0. The number of hydrogen-bond acceptors (Lipinski definition) is 6. The molecular weight excluding hydrogens is 420 g/mol. The van der Waals surface area contributed by atoms with E-state index in [4.69, 9.17) is 4.74 Å². The molecule has 31 heavy (non-hydrogen) atoms. The van der Waals surface area contributed by atoms with Crippen molar-refractivity contribution < 1.29 is 27.5 Å². The zero-order chi connectivity index (χ0) is 22.6. The van der Waals surface area contributed by atoms with Gasteiger partial charge in [-0.25, -0.2) is 13.2 Å². The maximum absolute atomic E-state index is 13.0. The molecule has 8 nitrogen and oxygen atoms in total. The average molecular weight is 447 g/mol. The molecule has 0 unspecified atom stereocenters. The van der Waals surface area contributed by atoms with E-state index >= 15 is 0 Å². The van der Waals surface area contributed by atoms with E-state index in [9.17, 15) is 18.0 Å². The molecule has 0 aromatic heterocycles. The first-order valence-corrected chi connectivity index (χ1v) is 11.3. The highest BCUT2D eigenvalue weighted by Gasteiger charge is 2.32. The van der Waals surface area contributed by atoms with Gasteiger partial charge >= 0.3 is 5.97 Å². The van der Waals surface area contributed by atoms with E-state index in [1.165, 1.54) is 17.5 Å². The predicted molar refractivity (Wildman–Crippen MR) is 116 cm³/mol. The number of esters is 1. The summed E-state index contributed by atoms with van der Waals surface area (Å²) in [6.07, 6.45) is 0.862. The molecule has 1 aliphatic heterocycles. The van der Waals surface area contributed by atoms with E-state index in [1.807, 2.05) is 0 Å². The van der Waals surface area contributed by atoms with Crippen LogP contribution in [0.5, 0.6) is 5.75 Å². The zero-order valence-corrected chi connectivity index (χ0v) is 18.6. The summed E-state index contributed by atoms with van der Waals surface area (Å²) in [4.78, 5) is 24.3. The molecule has 1 amide bonds. The molecule has 166 valence electrons. The molecule has 0 saturated carbocycles. The quantitative estimate of drug-likeness (QED) is 0.685. The topological polar surface area (TPSA) is 102 Å². The molecule has 0 radical (unpaired) electrons. The number of ether oxygens (including phenoxy) is 2. The summed E-state index contributed by atoms with van der Waals surface area (Å²) < 4.78 is 37.2. The number of sulfonamides is 1. The largest absolute Gasteiger partial charge is 0.496 e. The molecular formula is C22H26N2O6S. The fourth-order valence-corrected chi connectivity index (χ4v) is 5.13. The molecule has 1 aliphatic rings. The van der Waals surface area contributed by atoms with Crippen LogP contribution in [0.25, 0.3) is 0 Å². The lowest BCUT2D eigenvalue weighted by atomic mass is 9.97. The van der Waals surface area contributed by atoms with Gasteiger partial charge in [0.1, 0.15) is 5.75 Å². The molecule has 9 heteroatoms. The molecule has 1 saturated heterocycles. The van der Waals surface area contributed by atoms with Gasteiger partial charge in [-0.2, -0.15) is 4.31 Å². The van der Waals surface area contributed by atoms with Crippen LogP contribution in [0.1, 0.15) is 28.8 Å². The van der Waals surface area contributed by atoms with E-state index in [-0.39, 0.29) is 29.8 Å². The molecule has 3 rings (SSSR count). The summed E-state index contributed by atoms with van der Waals surface area (Å²) in [6, 6.07) is 11.2. The van der Waals surface area contributed by atoms with Crippen molar-refractivity contribution in [2.75, 3.05) is 32.6 Å². The van der Waals surface area contributed by atoms with Crippen molar-refractivity contribution in [1.29, 1.82) is 0 Å². The van der Waals surface area contributed by atoms with Gasteiger partial charge in [-0.3, -0.25) is 4.79 Å². The van der Waals surface area contributed by atoms with Gasteiger partial charge in [0.25, 0.3) is 0 Å². The van der Waals surface area contributed by atoms with Crippen molar-refractivity contribution in [3.05, 3.63) is 53.6 Å². The molecule has 1 fully saturated rings. The minimum atomic E-state index is -3.63. The van der Waals surface area contributed by atoms with Gasteiger partial charge in [-0.1, -0.05) is 0 Å². The molecule has 0 aliphatic carbocycles. The summed E-state index contributed by atoms with van der Waals surface area (Å²) >= 11 is 0. The molecule has 1 N–H and O–H groups in total. The molecule has 0 spiro atoms. The van der Waals surface area contributed by atoms with Gasteiger partial charge in [0, 0.05) is 24.7 Å². The summed E-state index contributed by atoms with van der Waals surface area (Å²) in [5.41, 5.74) is 1.71. The van der Waals surface area contributed by atoms with Crippen molar-refractivity contribution in [2.24, 2.45) is 5.92 Å². The van der Waals surface area contributed by atoms with E-state index in [1.54, 1.807) is 50.4 Å². The van der Waals surface area contributed by atoms with Crippen molar-refractivity contribution in [2.45, 2.75) is 24.7 Å². The lowest BCUT2D eigenvalue weighted by Crippen LogP contribution is -2.41. The highest BCUT2D eigenvalue weighted by molar-refractivity contribution is 7.89. The van der Waals surface area contributed by atoms with Crippen molar-refractivity contribution >= 4 is 27.6 Å². The molecule has 0 atom stereocenters. The Morgan fingerprint density at radius 2 is 1.68 bits per heavy atom. The number of piperidine rings is 1. The third kappa shape index (κ3) is 5.05. The van der Waals surface area contributed by atoms with Crippen LogP contribution in [-0.4, -0.2) is 51.9 Å². The Hall–Kier alpha value is -2.91. The number of rotatable bonds is 6. The van der Waals surface area contributed by atoms with Crippen molar-refractivity contribution in [3.63, 3.8) is 0 Å². The van der Waals surface area contributed by atoms with Gasteiger partial charge in [-0.05, 0) is 67.8 Å². The highest BCUT2D eigenvalue weighted by atomic mass is 32.2.